The van der Waals surface area contributed by atoms with Crippen molar-refractivity contribution in [2.75, 3.05) is 6.61 Å². The minimum Gasteiger partial charge on any atom is -0.462 e. The Kier molecular flexibility index (Phi) is 9.12. The van der Waals surface area contributed by atoms with E-state index in [1.54, 1.807) is 0 Å². The molecule has 0 saturated heterocycles. The lowest BCUT2D eigenvalue weighted by Crippen LogP contribution is -2.77. The van der Waals surface area contributed by atoms with Crippen molar-refractivity contribution in [2.24, 2.45) is 0 Å². The molecule has 0 rings (SSSR count). The quantitative estimate of drug-likeness (QED) is 0.132. The van der Waals surface area contributed by atoms with Crippen LogP contribution in [0.2, 0.25) is 0 Å². The Labute approximate surface area is 200 Å². The maximum absolute atomic E-state index is 14.0. The van der Waals surface area contributed by atoms with Crippen molar-refractivity contribution in [1.29, 1.82) is 0 Å². The fourth-order valence-corrected chi connectivity index (χ4v) is 2.36. The van der Waals surface area contributed by atoms with Gasteiger partial charge in [0, 0.05) is 0 Å². The third-order valence-corrected chi connectivity index (χ3v) is 4.63. The van der Waals surface area contributed by atoms with E-state index in [1.165, 1.54) is 0 Å². The summed E-state index contributed by atoms with van der Waals surface area (Å²) < 4.78 is 283. The lowest BCUT2D eigenvalue weighted by Gasteiger charge is -2.44. The van der Waals surface area contributed by atoms with Crippen molar-refractivity contribution in [3.05, 3.63) is 11.6 Å². The van der Waals surface area contributed by atoms with E-state index >= 15 is 0 Å². The average Bonchev–Trinajstić information content (AvgIpc) is 2.72. The number of esters is 1. The lowest BCUT2D eigenvalue weighted by atomic mass is 9.85. The van der Waals surface area contributed by atoms with Crippen molar-refractivity contribution in [1.82, 2.24) is 0 Å². The zero-order chi connectivity index (χ0) is 32.3. The molecule has 0 aromatic heterocycles. The van der Waals surface area contributed by atoms with Gasteiger partial charge >= 0.3 is 65.4 Å². The molecule has 0 amide bonds. The number of carbonyl (C=O) groups excluding carboxylic acids is 1. The third-order valence-electron chi connectivity index (χ3n) is 4.63. The van der Waals surface area contributed by atoms with Crippen LogP contribution in [0.1, 0.15) is 13.8 Å². The van der Waals surface area contributed by atoms with Crippen LogP contribution in [0.25, 0.3) is 0 Å². The fourth-order valence-electron chi connectivity index (χ4n) is 2.36. The van der Waals surface area contributed by atoms with Crippen LogP contribution >= 0.6 is 0 Å². The number of alkyl halides is 21. The first-order chi connectivity index (χ1) is 16.7. The Morgan fingerprint density at radius 2 is 0.769 bits per heavy atom. The van der Waals surface area contributed by atoms with E-state index in [9.17, 15) is 97.0 Å². The summed E-state index contributed by atoms with van der Waals surface area (Å²) in [6, 6.07) is 0. The molecule has 0 spiro atoms. The van der Waals surface area contributed by atoms with Gasteiger partial charge in [0.25, 0.3) is 0 Å². The van der Waals surface area contributed by atoms with Crippen molar-refractivity contribution in [3.8, 4) is 0 Å². The summed E-state index contributed by atoms with van der Waals surface area (Å²) in [5, 5.41) is 0. The molecule has 0 aliphatic rings. The normalized spacial score (nSPS) is 16.4. The second kappa shape index (κ2) is 9.68. The molecule has 232 valence electrons. The number of hydrogen-bond donors (Lipinski definition) is 0. The number of carbonyl (C=O) groups is 1. The molecule has 0 unspecified atom stereocenters. The molecule has 2 nitrogen and oxygen atoms in total. The van der Waals surface area contributed by atoms with Gasteiger partial charge in [0.15, 0.2) is 0 Å². The topological polar surface area (TPSA) is 26.3 Å². The van der Waals surface area contributed by atoms with Gasteiger partial charge in [0.05, 0.1) is 6.61 Å². The van der Waals surface area contributed by atoms with Crippen LogP contribution in [0.5, 0.6) is 0 Å². The molecule has 23 heteroatoms. The molecule has 0 radical (unpaired) electrons. The summed E-state index contributed by atoms with van der Waals surface area (Å²) in [7, 11) is 0. The highest BCUT2D eigenvalue weighted by Gasteiger charge is 2.98. The van der Waals surface area contributed by atoms with Crippen molar-refractivity contribution >= 4 is 5.97 Å². The number of halogens is 21. The van der Waals surface area contributed by atoms with E-state index in [1.807, 2.05) is 0 Å². The summed E-state index contributed by atoms with van der Waals surface area (Å²) in [5.41, 5.74) is -3.05. The average molecular weight is 632 g/mol. The molecule has 0 aliphatic heterocycles. The highest BCUT2D eigenvalue weighted by atomic mass is 19.4. The smallest absolute Gasteiger partial charge is 0.460 e. The second-order valence-electron chi connectivity index (χ2n) is 7.09. The van der Waals surface area contributed by atoms with Gasteiger partial charge in [-0.25, -0.2) is 4.79 Å². The van der Waals surface area contributed by atoms with Gasteiger partial charge in [-0.05, 0) is 13.8 Å². The minimum absolute atomic E-state index is 0.110. The number of hydrogen-bond acceptors (Lipinski definition) is 2. The second-order valence-corrected chi connectivity index (χ2v) is 7.09. The Bertz CT molecular complexity index is 942. The van der Waals surface area contributed by atoms with Crippen LogP contribution < -0.4 is 0 Å². The molecule has 0 aromatic carbocycles. The molecule has 39 heavy (non-hydrogen) atoms. The SMILES string of the molecule is CC=C(C(=O)OCC)C(F)(F)C(F)(F)C(F)(F)C(F)(F)C(F)(F)C(F)(F)C(F)(F)C(F)(F)C(F)(F)C(F)(F)F. The van der Waals surface area contributed by atoms with Gasteiger partial charge in [-0.1, -0.05) is 6.08 Å². The molecular weight excluding hydrogens is 623 g/mol. The highest BCUT2D eigenvalue weighted by molar-refractivity contribution is 5.90. The monoisotopic (exact) mass is 632 g/mol. The van der Waals surface area contributed by atoms with E-state index in [-0.39, 0.29) is 6.92 Å². The number of allylic oxidation sites excluding steroid dienone is 1. The maximum atomic E-state index is 14.0. The summed E-state index contributed by atoms with van der Waals surface area (Å²) in [5.74, 6) is -81.1. The van der Waals surface area contributed by atoms with Gasteiger partial charge in [-0.15, -0.1) is 0 Å². The predicted octanol–water partition coefficient (Wildman–Crippen LogP) is 7.78. The van der Waals surface area contributed by atoms with E-state index in [0.29, 0.717) is 0 Å². The molecule has 0 aromatic rings. The Balaban J connectivity index is 7.23. The molecular formula is C16H9F21O2. The van der Waals surface area contributed by atoms with Gasteiger partial charge < -0.3 is 4.74 Å². The van der Waals surface area contributed by atoms with Gasteiger partial charge in [0.2, 0.25) is 0 Å². The predicted molar refractivity (Wildman–Crippen MR) is 81.0 cm³/mol. The first-order valence-corrected chi connectivity index (χ1v) is 8.99. The lowest BCUT2D eigenvalue weighted by molar-refractivity contribution is -0.473. The summed E-state index contributed by atoms with van der Waals surface area (Å²) in [6.45, 7) is -0.190. The first kappa shape index (κ1) is 36.7. The number of ether oxygens (including phenoxy) is 1. The standard InChI is InChI=1S/C16H9F21O2/c1-3-5(6(38)39-4-2)7(17,18)8(19,20)9(21,22)10(23,24)11(25,26)12(27,28)13(29,30)14(31,32)15(33,34)16(35,36)37/h3H,4H2,1-2H3. The van der Waals surface area contributed by atoms with Crippen LogP contribution in [-0.2, 0) is 9.53 Å². The van der Waals surface area contributed by atoms with Crippen LogP contribution in [-0.4, -0.2) is 72.1 Å². The molecule has 0 bridgehead atoms. The molecule has 0 fully saturated rings. The molecule has 0 saturated carbocycles. The largest absolute Gasteiger partial charge is 0.462 e. The Hall–Kier alpha value is -2.26. The molecule has 0 aliphatic carbocycles. The van der Waals surface area contributed by atoms with Gasteiger partial charge in [-0.2, -0.15) is 92.2 Å². The molecule has 0 heterocycles. The van der Waals surface area contributed by atoms with E-state index in [0.717, 1.165) is 6.92 Å². The van der Waals surface area contributed by atoms with Crippen LogP contribution in [0, 0.1) is 0 Å². The Morgan fingerprint density at radius 1 is 0.513 bits per heavy atom. The summed E-state index contributed by atoms with van der Waals surface area (Å²) >= 11 is 0. The fraction of sp³-hybridized carbons (Fsp3) is 0.812. The van der Waals surface area contributed by atoms with Crippen LogP contribution in [0.3, 0.4) is 0 Å². The van der Waals surface area contributed by atoms with Gasteiger partial charge in [0.1, 0.15) is 5.57 Å². The number of rotatable bonds is 11. The zero-order valence-electron chi connectivity index (χ0n) is 18.0. The highest BCUT2D eigenvalue weighted by Crippen LogP contribution is 2.66. The van der Waals surface area contributed by atoms with Crippen molar-refractivity contribution < 1.29 is 102 Å². The first-order valence-electron chi connectivity index (χ1n) is 8.99. The van der Waals surface area contributed by atoms with Gasteiger partial charge in [-0.3, -0.25) is 0 Å². The van der Waals surface area contributed by atoms with E-state index in [4.69, 9.17) is 0 Å². The minimum atomic E-state index is -9.25. The van der Waals surface area contributed by atoms with E-state index in [2.05, 4.69) is 4.74 Å². The summed E-state index contributed by atoms with van der Waals surface area (Å²) in [6.07, 6.45) is -8.62. The van der Waals surface area contributed by atoms with E-state index < -0.39 is 83.7 Å². The molecule has 0 atom stereocenters. The van der Waals surface area contributed by atoms with Crippen molar-refractivity contribution in [2.45, 2.75) is 73.3 Å². The zero-order valence-corrected chi connectivity index (χ0v) is 18.0. The summed E-state index contributed by atoms with van der Waals surface area (Å²) in [4.78, 5) is 11.3. The van der Waals surface area contributed by atoms with Crippen molar-refractivity contribution in [3.63, 3.8) is 0 Å². The van der Waals surface area contributed by atoms with Crippen LogP contribution in [0.15, 0.2) is 11.6 Å². The maximum Gasteiger partial charge on any atom is 0.460 e. The van der Waals surface area contributed by atoms with Crippen LogP contribution in [0.4, 0.5) is 92.2 Å². The third kappa shape index (κ3) is 4.63. The Morgan fingerprint density at radius 3 is 1.00 bits per heavy atom. The molecule has 0 N–H and O–H groups in total.